The number of rotatable bonds is 20. The molecule has 0 unspecified atom stereocenters. The third-order valence-electron chi connectivity index (χ3n) is 19.1. The maximum Gasteiger partial charge on any atom is 0.256 e. The predicted molar refractivity (Wildman–Crippen MR) is 396 cm³/mol. The average molecular weight is 1240 g/mol. The van der Waals surface area contributed by atoms with Gasteiger partial charge in [-0.1, -0.05) is 217 Å². The molecule has 5 N–H and O–H groups in total. The standard InChI is InChI=1S/C84H97N5O4/c1-43(2)53-21-32-70(64(37-53)48(11)12)85-75-42-69(84(93)89-74-36-25-57(47(9)10)41-68(74)52(19)20)78-63(83(92)88-73-35-24-56(46(7)8)40-67(73)51(17)18)30-27-59-58-26-29-61(81(90)86-71-33-22-54(44(3)4)38-65(71)49(13)14)77-62(31-28-60(76(58)77)79(75)80(59)78)82(91)87-72-34-23-55(45(5)6)39-66(72)50(15)16/h21-52,85H,1-20H3,(H,86,90)(H,87,91)(H,88,92)(H,89,93). The Morgan fingerprint density at radius 1 is 0.226 bits per heavy atom. The first kappa shape index (κ1) is 67.1. The SMILES string of the molecule is CC(C)c1ccc(NC(=O)c2ccc3c4ccc(C(=O)Nc5ccc(C(C)C)cc5C(C)C)c5c(C(=O)Nc6ccc(C(C)C)cc6C(C)C)cc(Nc6ccc(C(C)C)cc6C(C)C)c(c6ccc(C(=O)Nc7ccc(C(C)C)cc7C(C)C)c2c36)c54)c(C(C)C)c1. The van der Waals surface area contributed by atoms with Crippen molar-refractivity contribution in [2.75, 3.05) is 26.6 Å². The highest BCUT2D eigenvalue weighted by Gasteiger charge is 2.31. The van der Waals surface area contributed by atoms with Gasteiger partial charge in [0.15, 0.2) is 0 Å². The first-order valence-corrected chi connectivity index (χ1v) is 34.0. The number of nitrogens with one attached hydrogen (secondary N) is 5. The summed E-state index contributed by atoms with van der Waals surface area (Å²) < 4.78 is 0. The third-order valence-corrected chi connectivity index (χ3v) is 19.1. The zero-order valence-corrected chi connectivity index (χ0v) is 58.6. The summed E-state index contributed by atoms with van der Waals surface area (Å²) in [7, 11) is 0. The third kappa shape index (κ3) is 13.3. The van der Waals surface area contributed by atoms with E-state index in [9.17, 15) is 0 Å². The average Bonchev–Trinajstić information content (AvgIpc) is 0.695. The second kappa shape index (κ2) is 27.0. The Morgan fingerprint density at radius 2 is 0.484 bits per heavy atom. The molecule has 0 radical (unpaired) electrons. The summed E-state index contributed by atoms with van der Waals surface area (Å²) >= 11 is 0. The van der Waals surface area contributed by atoms with Crippen LogP contribution in [0.5, 0.6) is 0 Å². The Bertz CT molecular complexity index is 4450. The number of amides is 4. The lowest BCUT2D eigenvalue weighted by Crippen LogP contribution is -2.19. The second-order valence-corrected chi connectivity index (χ2v) is 29.1. The van der Waals surface area contributed by atoms with Crippen LogP contribution >= 0.6 is 0 Å². The Balaban J connectivity index is 1.33. The van der Waals surface area contributed by atoms with E-state index in [0.717, 1.165) is 55.0 Å². The van der Waals surface area contributed by atoms with Gasteiger partial charge in [0.25, 0.3) is 23.6 Å². The quantitative estimate of drug-likeness (QED) is 0.0384. The summed E-state index contributed by atoms with van der Waals surface area (Å²) in [5, 5.41) is 22.7. The Morgan fingerprint density at radius 3 is 0.785 bits per heavy atom. The van der Waals surface area contributed by atoms with E-state index in [4.69, 9.17) is 0 Å². The van der Waals surface area contributed by atoms with Gasteiger partial charge in [-0.15, -0.1) is 0 Å². The molecule has 0 aliphatic heterocycles. The minimum atomic E-state index is -0.377. The molecule has 0 heterocycles. The van der Waals surface area contributed by atoms with Gasteiger partial charge in [-0.2, -0.15) is 0 Å². The molecule has 9 heteroatoms. The van der Waals surface area contributed by atoms with Crippen LogP contribution in [0.25, 0.3) is 43.1 Å². The van der Waals surface area contributed by atoms with Gasteiger partial charge in [0.2, 0.25) is 0 Å². The summed E-state index contributed by atoms with van der Waals surface area (Å²) in [5.41, 5.74) is 16.6. The van der Waals surface area contributed by atoms with Crippen molar-refractivity contribution in [3.05, 3.63) is 211 Å². The molecular weight excluding hydrogens is 1140 g/mol. The van der Waals surface area contributed by atoms with Crippen molar-refractivity contribution in [3.8, 4) is 0 Å². The number of anilines is 6. The monoisotopic (exact) mass is 1240 g/mol. The van der Waals surface area contributed by atoms with Crippen molar-refractivity contribution in [1.82, 2.24) is 0 Å². The molecule has 0 spiro atoms. The van der Waals surface area contributed by atoms with Crippen molar-refractivity contribution >= 4 is 101 Å². The van der Waals surface area contributed by atoms with E-state index in [-0.39, 0.29) is 82.8 Å². The Hall–Kier alpha value is -8.82. The summed E-state index contributed by atoms with van der Waals surface area (Å²) in [6.45, 7) is 43.2. The van der Waals surface area contributed by atoms with Gasteiger partial charge in [0.05, 0.1) is 5.56 Å². The fraction of sp³-hybridized carbons (Fsp3) is 0.357. The van der Waals surface area contributed by atoms with Crippen molar-refractivity contribution in [2.45, 2.75) is 198 Å². The van der Waals surface area contributed by atoms with E-state index in [1.54, 1.807) is 0 Å². The number of carbonyl (C=O) groups excluding carboxylic acids is 4. The molecule has 10 aromatic carbocycles. The lowest BCUT2D eigenvalue weighted by Gasteiger charge is -2.25. The van der Waals surface area contributed by atoms with Crippen LogP contribution in [0.15, 0.2) is 133 Å². The fourth-order valence-electron chi connectivity index (χ4n) is 13.4. The van der Waals surface area contributed by atoms with Gasteiger partial charge in [-0.05, 0) is 191 Å². The number of hydrogen-bond acceptors (Lipinski definition) is 5. The highest BCUT2D eigenvalue weighted by molar-refractivity contribution is 6.42. The van der Waals surface area contributed by atoms with Crippen LogP contribution in [0.3, 0.4) is 0 Å². The molecule has 93 heavy (non-hydrogen) atoms. The molecule has 0 fully saturated rings. The maximum atomic E-state index is 16.1. The molecule has 0 bridgehead atoms. The minimum Gasteiger partial charge on any atom is -0.355 e. The molecule has 0 atom stereocenters. The summed E-state index contributed by atoms with van der Waals surface area (Å²) in [6.07, 6.45) is 0. The first-order valence-electron chi connectivity index (χ1n) is 34.0. The largest absolute Gasteiger partial charge is 0.355 e. The molecule has 0 aliphatic rings. The van der Waals surface area contributed by atoms with Crippen molar-refractivity contribution in [3.63, 3.8) is 0 Å². The van der Waals surface area contributed by atoms with Crippen LogP contribution in [-0.4, -0.2) is 23.6 Å². The zero-order chi connectivity index (χ0) is 67.3. The van der Waals surface area contributed by atoms with Crippen LogP contribution in [-0.2, 0) is 0 Å². The summed E-state index contributed by atoms with van der Waals surface area (Å²) in [5.74, 6) is 0.394. The van der Waals surface area contributed by atoms with E-state index in [2.05, 4.69) is 232 Å². The van der Waals surface area contributed by atoms with E-state index < -0.39 is 0 Å². The van der Waals surface area contributed by atoms with Gasteiger partial charge in [0, 0.05) is 72.4 Å². The maximum absolute atomic E-state index is 16.1. The van der Waals surface area contributed by atoms with Crippen molar-refractivity contribution < 1.29 is 19.2 Å². The molecule has 10 aromatic rings. The van der Waals surface area contributed by atoms with Crippen molar-refractivity contribution in [2.24, 2.45) is 0 Å². The van der Waals surface area contributed by atoms with E-state index in [1.807, 2.05) is 66.7 Å². The van der Waals surface area contributed by atoms with Gasteiger partial charge in [0.1, 0.15) is 0 Å². The van der Waals surface area contributed by atoms with Crippen molar-refractivity contribution in [1.29, 1.82) is 0 Å². The molecule has 482 valence electrons. The second-order valence-electron chi connectivity index (χ2n) is 29.1. The molecule has 0 aliphatic carbocycles. The first-order chi connectivity index (χ1) is 44.0. The Labute approximate surface area is 552 Å². The highest BCUT2D eigenvalue weighted by atomic mass is 16.2. The van der Waals surface area contributed by atoms with Gasteiger partial charge in [-0.3, -0.25) is 19.2 Å². The normalized spacial score (nSPS) is 12.2. The van der Waals surface area contributed by atoms with Gasteiger partial charge >= 0.3 is 0 Å². The fourth-order valence-corrected chi connectivity index (χ4v) is 13.4. The molecule has 9 nitrogen and oxygen atoms in total. The van der Waals surface area contributed by atoms with Crippen LogP contribution in [0, 0.1) is 0 Å². The molecule has 4 amide bonds. The predicted octanol–water partition coefficient (Wildman–Crippen LogP) is 23.7. The summed E-state index contributed by atoms with van der Waals surface area (Å²) in [6, 6.07) is 45.0. The molecule has 0 aromatic heterocycles. The van der Waals surface area contributed by atoms with Crippen LogP contribution in [0.1, 0.15) is 295 Å². The molecular formula is C84H97N5O4. The minimum absolute atomic E-state index is 0.0793. The molecule has 10 rings (SSSR count). The number of benzene rings is 10. The van der Waals surface area contributed by atoms with Crippen LogP contribution in [0.4, 0.5) is 34.1 Å². The van der Waals surface area contributed by atoms with Gasteiger partial charge in [-0.25, -0.2) is 0 Å². The highest BCUT2D eigenvalue weighted by Crippen LogP contribution is 2.49. The lowest BCUT2D eigenvalue weighted by molar-refractivity contribution is 0.101. The zero-order valence-electron chi connectivity index (χ0n) is 58.6. The van der Waals surface area contributed by atoms with E-state index in [1.165, 1.54) is 27.8 Å². The summed E-state index contributed by atoms with van der Waals surface area (Å²) in [4.78, 5) is 63.2. The van der Waals surface area contributed by atoms with Crippen LogP contribution in [0.2, 0.25) is 0 Å². The van der Waals surface area contributed by atoms with E-state index >= 15 is 19.2 Å². The number of fused-ring (bicyclic) bond motifs is 2. The molecule has 0 saturated heterocycles. The van der Waals surface area contributed by atoms with Crippen LogP contribution < -0.4 is 26.6 Å². The Kier molecular flexibility index (Phi) is 19.5. The number of carbonyl (C=O) groups is 4. The van der Waals surface area contributed by atoms with Gasteiger partial charge < -0.3 is 26.6 Å². The topological polar surface area (TPSA) is 128 Å². The smallest absolute Gasteiger partial charge is 0.256 e. The van der Waals surface area contributed by atoms with E-state index in [0.29, 0.717) is 72.2 Å². The lowest BCUT2D eigenvalue weighted by atomic mass is 9.83. The molecule has 0 saturated carbocycles. The number of hydrogen-bond donors (Lipinski definition) is 5.